The van der Waals surface area contributed by atoms with Crippen molar-refractivity contribution < 1.29 is 19.1 Å². The van der Waals surface area contributed by atoms with Gasteiger partial charge in [-0.05, 0) is 30.7 Å². The summed E-state index contributed by atoms with van der Waals surface area (Å²) in [5, 5.41) is 3.39. The number of fused-ring (bicyclic) bond motifs is 1. The number of likely N-dealkylation sites (N-methyl/N-ethyl adjacent to an activating group) is 1. The van der Waals surface area contributed by atoms with Gasteiger partial charge in [-0.15, -0.1) is 12.4 Å². The number of carbonyl (C=O) groups excluding carboxylic acids is 2. The molecule has 2 aliphatic heterocycles. The summed E-state index contributed by atoms with van der Waals surface area (Å²) in [4.78, 5) is 35.3. The zero-order chi connectivity index (χ0) is 25.5. The molecule has 1 fully saturated rings. The molecular formula is C26H33Cl2N5O4. The molecule has 1 aromatic carbocycles. The molecule has 1 saturated heterocycles. The monoisotopic (exact) mass is 549 g/mol. The Bertz CT molecular complexity index is 1120. The molecule has 0 spiro atoms. The highest BCUT2D eigenvalue weighted by Crippen LogP contribution is 2.29. The summed E-state index contributed by atoms with van der Waals surface area (Å²) in [5.41, 5.74) is 2.55. The third-order valence-corrected chi connectivity index (χ3v) is 6.49. The lowest BCUT2D eigenvalue weighted by molar-refractivity contribution is -0.125. The summed E-state index contributed by atoms with van der Waals surface area (Å²) < 4.78 is 11.0. The van der Waals surface area contributed by atoms with E-state index in [0.29, 0.717) is 42.8 Å². The average Bonchev–Trinajstić information content (AvgIpc) is 2.88. The van der Waals surface area contributed by atoms with Crippen LogP contribution in [0.5, 0.6) is 5.75 Å². The predicted molar refractivity (Wildman–Crippen MR) is 146 cm³/mol. The fourth-order valence-electron chi connectivity index (χ4n) is 4.19. The highest BCUT2D eigenvalue weighted by atomic mass is 35.5. The summed E-state index contributed by atoms with van der Waals surface area (Å²) in [7, 11) is 1.73. The zero-order valence-corrected chi connectivity index (χ0v) is 22.7. The predicted octanol–water partition coefficient (Wildman–Crippen LogP) is 3.91. The largest absolute Gasteiger partial charge is 0.492 e. The van der Waals surface area contributed by atoms with E-state index < -0.39 is 0 Å². The molecule has 1 N–H and O–H groups in total. The van der Waals surface area contributed by atoms with Crippen molar-refractivity contribution in [3.05, 3.63) is 58.3 Å². The Kier molecular flexibility index (Phi) is 10.6. The first-order chi connectivity index (χ1) is 17.4. The van der Waals surface area contributed by atoms with Crippen LogP contribution in [0.4, 0.5) is 10.6 Å². The maximum Gasteiger partial charge on any atom is 0.323 e. The molecule has 0 bridgehead atoms. The van der Waals surface area contributed by atoms with Crippen molar-refractivity contribution in [3.63, 3.8) is 0 Å². The van der Waals surface area contributed by atoms with Gasteiger partial charge in [-0.1, -0.05) is 23.7 Å². The number of benzene rings is 1. The number of hydrogen-bond acceptors (Lipinski definition) is 6. The van der Waals surface area contributed by atoms with Gasteiger partial charge in [0.15, 0.2) is 0 Å². The minimum Gasteiger partial charge on any atom is -0.492 e. The minimum absolute atomic E-state index is 0. The number of carbonyl (C=O) groups is 2. The van der Waals surface area contributed by atoms with Crippen molar-refractivity contribution in [1.82, 2.24) is 19.7 Å². The number of para-hydroxylation sites is 1. The van der Waals surface area contributed by atoms with Crippen molar-refractivity contribution in [1.29, 1.82) is 0 Å². The van der Waals surface area contributed by atoms with E-state index in [1.54, 1.807) is 35.2 Å². The number of aromatic nitrogens is 1. The van der Waals surface area contributed by atoms with E-state index in [1.807, 2.05) is 25.1 Å². The second-order valence-electron chi connectivity index (χ2n) is 8.77. The molecule has 3 amide bonds. The summed E-state index contributed by atoms with van der Waals surface area (Å²) in [6, 6.07) is 7.33. The lowest BCUT2D eigenvalue weighted by Crippen LogP contribution is -2.45. The molecule has 0 unspecified atom stereocenters. The van der Waals surface area contributed by atoms with Crippen molar-refractivity contribution in [2.45, 2.75) is 20.0 Å². The molecule has 2 aliphatic rings. The number of rotatable bonds is 9. The first-order valence-corrected chi connectivity index (χ1v) is 12.5. The molecule has 2 aromatic rings. The average molecular weight is 550 g/mol. The van der Waals surface area contributed by atoms with Gasteiger partial charge in [0.05, 0.1) is 31.4 Å². The number of hydrogen-bond donors (Lipinski definition) is 1. The standard InChI is InChI=1S/C26H32ClN5O4.ClH/c1-3-36-24-20(5-4-6-22(24)27)17-30(2)23(33)8-7-19-15-21-18-32(26(34)29-25(21)28-16-19)10-9-31-11-13-35-14-12-31;/h4-8,15-16H,3,9-14,17-18H2,1-2H3,(H,28,29,34);1H/b8-7+;. The number of halogens is 2. The number of morpholine rings is 1. The van der Waals surface area contributed by atoms with Gasteiger partial charge in [0.1, 0.15) is 11.6 Å². The fourth-order valence-corrected chi connectivity index (χ4v) is 4.44. The zero-order valence-electron chi connectivity index (χ0n) is 21.1. The van der Waals surface area contributed by atoms with E-state index in [0.717, 1.165) is 49.5 Å². The molecule has 0 aliphatic carbocycles. The number of anilines is 1. The Hall–Kier alpha value is -2.85. The van der Waals surface area contributed by atoms with Crippen LogP contribution >= 0.6 is 24.0 Å². The lowest BCUT2D eigenvalue weighted by Gasteiger charge is -2.32. The Morgan fingerprint density at radius 1 is 1.30 bits per heavy atom. The SMILES string of the molecule is CCOc1c(Cl)cccc1CN(C)C(=O)/C=C/c1cnc2c(c1)CN(CCN1CCOCC1)C(=O)N2.Cl. The molecule has 37 heavy (non-hydrogen) atoms. The highest BCUT2D eigenvalue weighted by Gasteiger charge is 2.24. The Balaban J connectivity index is 0.00000380. The van der Waals surface area contributed by atoms with Crippen LogP contribution in [0.3, 0.4) is 0 Å². The summed E-state index contributed by atoms with van der Waals surface area (Å²) in [6.07, 6.45) is 4.91. The number of nitrogens with one attached hydrogen (secondary N) is 1. The van der Waals surface area contributed by atoms with Crippen LogP contribution < -0.4 is 10.1 Å². The van der Waals surface area contributed by atoms with Crippen LogP contribution in [0.15, 0.2) is 36.5 Å². The number of amides is 3. The van der Waals surface area contributed by atoms with E-state index in [9.17, 15) is 9.59 Å². The molecule has 4 rings (SSSR count). The third kappa shape index (κ3) is 7.58. The smallest absolute Gasteiger partial charge is 0.323 e. The molecule has 9 nitrogen and oxygen atoms in total. The van der Waals surface area contributed by atoms with Crippen LogP contribution in [0, 0.1) is 0 Å². The van der Waals surface area contributed by atoms with Gasteiger partial charge in [0.2, 0.25) is 5.91 Å². The van der Waals surface area contributed by atoms with Gasteiger partial charge < -0.3 is 19.3 Å². The van der Waals surface area contributed by atoms with Crippen molar-refractivity contribution in [3.8, 4) is 5.75 Å². The van der Waals surface area contributed by atoms with Crippen LogP contribution in [0.1, 0.15) is 23.6 Å². The van der Waals surface area contributed by atoms with E-state index in [2.05, 4.69) is 15.2 Å². The molecule has 1 aromatic heterocycles. The van der Waals surface area contributed by atoms with Crippen molar-refractivity contribution in [2.24, 2.45) is 0 Å². The van der Waals surface area contributed by atoms with E-state index >= 15 is 0 Å². The maximum absolute atomic E-state index is 12.8. The van der Waals surface area contributed by atoms with Crippen molar-refractivity contribution >= 4 is 47.8 Å². The summed E-state index contributed by atoms with van der Waals surface area (Å²) >= 11 is 6.26. The first kappa shape index (κ1) is 28.7. The van der Waals surface area contributed by atoms with Gasteiger partial charge >= 0.3 is 6.03 Å². The van der Waals surface area contributed by atoms with E-state index in [4.69, 9.17) is 21.1 Å². The topological polar surface area (TPSA) is 87.2 Å². The number of pyridine rings is 1. The van der Waals surface area contributed by atoms with Crippen LogP contribution in [-0.2, 0) is 22.6 Å². The summed E-state index contributed by atoms with van der Waals surface area (Å²) in [5.74, 6) is 1.01. The van der Waals surface area contributed by atoms with Gasteiger partial charge in [0, 0.05) is 63.2 Å². The normalized spacial score (nSPS) is 15.6. The van der Waals surface area contributed by atoms with E-state index in [1.165, 1.54) is 6.08 Å². The Morgan fingerprint density at radius 3 is 2.84 bits per heavy atom. The quantitative estimate of drug-likeness (QED) is 0.477. The second kappa shape index (κ2) is 13.6. The van der Waals surface area contributed by atoms with Gasteiger partial charge in [-0.3, -0.25) is 15.0 Å². The number of nitrogens with zero attached hydrogens (tertiary/aromatic N) is 4. The number of urea groups is 1. The Morgan fingerprint density at radius 2 is 2.08 bits per heavy atom. The van der Waals surface area contributed by atoms with Gasteiger partial charge in [-0.25, -0.2) is 9.78 Å². The van der Waals surface area contributed by atoms with Crippen LogP contribution in [-0.4, -0.2) is 84.7 Å². The highest BCUT2D eigenvalue weighted by molar-refractivity contribution is 6.32. The van der Waals surface area contributed by atoms with Gasteiger partial charge in [0.25, 0.3) is 0 Å². The molecule has 11 heteroatoms. The summed E-state index contributed by atoms with van der Waals surface area (Å²) in [6.45, 7) is 7.89. The van der Waals surface area contributed by atoms with Gasteiger partial charge in [-0.2, -0.15) is 0 Å². The lowest BCUT2D eigenvalue weighted by atomic mass is 10.1. The maximum atomic E-state index is 12.8. The molecular weight excluding hydrogens is 517 g/mol. The molecule has 3 heterocycles. The molecule has 0 atom stereocenters. The van der Waals surface area contributed by atoms with Crippen LogP contribution in [0.2, 0.25) is 5.02 Å². The van der Waals surface area contributed by atoms with Crippen molar-refractivity contribution in [2.75, 3.05) is 58.4 Å². The fraction of sp³-hybridized carbons (Fsp3) is 0.423. The van der Waals surface area contributed by atoms with E-state index in [-0.39, 0.29) is 24.3 Å². The minimum atomic E-state index is -0.157. The third-order valence-electron chi connectivity index (χ3n) is 6.19. The molecule has 0 radical (unpaired) electrons. The Labute approximate surface area is 228 Å². The molecule has 0 saturated carbocycles. The van der Waals surface area contributed by atoms with Crippen LogP contribution in [0.25, 0.3) is 6.08 Å². The number of ether oxygens (including phenoxy) is 2. The second-order valence-corrected chi connectivity index (χ2v) is 9.18. The first-order valence-electron chi connectivity index (χ1n) is 12.1. The molecule has 200 valence electrons.